The molecular formula is C27H37N7O5S. The molecule has 0 amide bonds. The van der Waals surface area contributed by atoms with Crippen LogP contribution in [-0.2, 0) is 24.0 Å². The van der Waals surface area contributed by atoms with Crippen molar-refractivity contribution in [2.45, 2.75) is 75.3 Å². The lowest BCUT2D eigenvalue weighted by molar-refractivity contribution is -0.0395. The summed E-state index contributed by atoms with van der Waals surface area (Å²) in [6.07, 6.45) is 6.85. The summed E-state index contributed by atoms with van der Waals surface area (Å²) >= 11 is 0. The predicted octanol–water partition coefficient (Wildman–Crippen LogP) is 2.70. The second kappa shape index (κ2) is 10.3. The van der Waals surface area contributed by atoms with Crippen molar-refractivity contribution in [3.05, 3.63) is 18.3 Å². The third-order valence-corrected chi connectivity index (χ3v) is 10.3. The summed E-state index contributed by atoms with van der Waals surface area (Å²) in [7, 11) is -3.67. The molecule has 4 aliphatic rings. The Balaban J connectivity index is 1.45. The normalized spacial score (nSPS) is 27.6. The van der Waals surface area contributed by atoms with E-state index in [4.69, 9.17) is 29.4 Å². The minimum absolute atomic E-state index is 0.0474. The van der Waals surface area contributed by atoms with Crippen LogP contribution in [0.5, 0.6) is 0 Å². The average molecular weight is 572 g/mol. The van der Waals surface area contributed by atoms with E-state index in [2.05, 4.69) is 22.8 Å². The topological polar surface area (TPSA) is 117 Å². The van der Waals surface area contributed by atoms with Crippen LogP contribution in [0.15, 0.2) is 23.4 Å². The van der Waals surface area contributed by atoms with Crippen LogP contribution in [0, 0.1) is 0 Å². The summed E-state index contributed by atoms with van der Waals surface area (Å²) in [5.41, 5.74) is 1.33. The van der Waals surface area contributed by atoms with Gasteiger partial charge in [-0.1, -0.05) is 6.92 Å². The molecule has 2 bridgehead atoms. The minimum Gasteiger partial charge on any atom is -0.377 e. The molecule has 13 heteroatoms. The molecule has 0 N–H and O–H groups in total. The quantitative estimate of drug-likeness (QED) is 0.437. The maximum absolute atomic E-state index is 13.5. The summed E-state index contributed by atoms with van der Waals surface area (Å²) in [6, 6.07) is 4.48. The van der Waals surface area contributed by atoms with Crippen molar-refractivity contribution < 1.29 is 22.6 Å². The molecule has 3 aromatic rings. The van der Waals surface area contributed by atoms with E-state index >= 15 is 0 Å². The largest absolute Gasteiger partial charge is 0.377 e. The Morgan fingerprint density at radius 2 is 1.82 bits per heavy atom. The van der Waals surface area contributed by atoms with E-state index in [0.29, 0.717) is 56.4 Å². The van der Waals surface area contributed by atoms with Gasteiger partial charge in [-0.25, -0.2) is 18.1 Å². The van der Waals surface area contributed by atoms with Gasteiger partial charge in [0.1, 0.15) is 12.0 Å². The lowest BCUT2D eigenvalue weighted by atomic mass is 10.1. The van der Waals surface area contributed by atoms with Gasteiger partial charge in [-0.3, -0.25) is 0 Å². The third kappa shape index (κ3) is 4.38. The molecule has 4 saturated heterocycles. The van der Waals surface area contributed by atoms with Gasteiger partial charge in [0.25, 0.3) is 0 Å². The molecule has 4 atom stereocenters. The van der Waals surface area contributed by atoms with E-state index in [1.165, 1.54) is 0 Å². The SMILES string of the molecule is CCS(=O)(=O)c1nn(-c2ccn(C3CCCCO3)n2)c2nc(N3C4CCC3COC4)cc(N3CCOC[C@H]3C)c12. The molecule has 0 aliphatic carbocycles. The van der Waals surface area contributed by atoms with Crippen LogP contribution in [0.25, 0.3) is 16.9 Å². The highest BCUT2D eigenvalue weighted by atomic mass is 32.2. The van der Waals surface area contributed by atoms with Crippen molar-refractivity contribution in [3.8, 4) is 5.82 Å². The van der Waals surface area contributed by atoms with E-state index in [1.807, 2.05) is 16.9 Å². The molecule has 216 valence electrons. The predicted molar refractivity (Wildman–Crippen MR) is 149 cm³/mol. The molecule has 7 rings (SSSR count). The van der Waals surface area contributed by atoms with E-state index in [1.54, 1.807) is 11.6 Å². The van der Waals surface area contributed by atoms with Crippen LogP contribution in [-0.4, -0.2) is 96.4 Å². The average Bonchev–Trinajstić information content (AvgIpc) is 3.68. The van der Waals surface area contributed by atoms with Gasteiger partial charge in [-0.15, -0.1) is 0 Å². The zero-order valence-electron chi connectivity index (χ0n) is 23.1. The van der Waals surface area contributed by atoms with Crippen LogP contribution in [0.2, 0.25) is 0 Å². The summed E-state index contributed by atoms with van der Waals surface area (Å²) in [6.45, 7) is 7.59. The standard InChI is InChI=1S/C27H37N7O5S/c1-3-40(35,36)27-25-21(31-11-13-37-15-18(31)2)14-23(33-19-7-8-20(33)17-38-16-19)28-26(25)34(30-27)22-9-10-32(29-22)24-6-4-5-12-39-24/h9-10,14,18-20,24H,3-8,11-13,15-17H2,1-2H3/t18-,19?,20?,24?/m1/s1. The fourth-order valence-electron chi connectivity index (χ4n) is 6.55. The first kappa shape index (κ1) is 26.2. The van der Waals surface area contributed by atoms with Crippen molar-refractivity contribution >= 4 is 32.4 Å². The van der Waals surface area contributed by atoms with Gasteiger partial charge in [0.15, 0.2) is 26.3 Å². The maximum Gasteiger partial charge on any atom is 0.197 e. The van der Waals surface area contributed by atoms with Crippen molar-refractivity contribution in [1.29, 1.82) is 0 Å². The number of nitrogens with zero attached hydrogens (tertiary/aromatic N) is 7. The van der Waals surface area contributed by atoms with Crippen molar-refractivity contribution in [2.24, 2.45) is 0 Å². The summed E-state index contributed by atoms with van der Waals surface area (Å²) in [5.74, 6) is 1.29. The van der Waals surface area contributed by atoms with Gasteiger partial charge in [-0.05, 0) is 39.0 Å². The smallest absolute Gasteiger partial charge is 0.197 e. The first-order valence-corrected chi connectivity index (χ1v) is 16.1. The molecule has 3 aromatic heterocycles. The summed E-state index contributed by atoms with van der Waals surface area (Å²) in [4.78, 5) is 9.77. The number of ether oxygens (including phenoxy) is 3. The molecule has 0 aromatic carbocycles. The number of morpholine rings is 2. The number of pyridine rings is 1. The van der Waals surface area contributed by atoms with Gasteiger partial charge in [-0.2, -0.15) is 14.9 Å². The molecular weight excluding hydrogens is 534 g/mol. The van der Waals surface area contributed by atoms with Gasteiger partial charge in [0, 0.05) is 37.5 Å². The lowest BCUT2D eigenvalue weighted by Crippen LogP contribution is -2.47. The minimum atomic E-state index is -3.67. The van der Waals surface area contributed by atoms with Crippen LogP contribution >= 0.6 is 0 Å². The number of aromatic nitrogens is 5. The van der Waals surface area contributed by atoms with Crippen molar-refractivity contribution in [2.75, 3.05) is 55.1 Å². The second-order valence-corrected chi connectivity index (χ2v) is 13.4. The van der Waals surface area contributed by atoms with Crippen LogP contribution < -0.4 is 9.80 Å². The summed E-state index contributed by atoms with van der Waals surface area (Å²) < 4.78 is 48.0. The number of anilines is 2. The van der Waals surface area contributed by atoms with E-state index in [9.17, 15) is 8.42 Å². The Morgan fingerprint density at radius 3 is 2.55 bits per heavy atom. The van der Waals surface area contributed by atoms with Gasteiger partial charge < -0.3 is 24.0 Å². The van der Waals surface area contributed by atoms with Gasteiger partial charge in [0.2, 0.25) is 0 Å². The number of sulfone groups is 1. The first-order chi connectivity index (χ1) is 19.4. The van der Waals surface area contributed by atoms with Crippen LogP contribution in [0.4, 0.5) is 11.5 Å². The summed E-state index contributed by atoms with van der Waals surface area (Å²) in [5, 5.41) is 10.1. The van der Waals surface area contributed by atoms with Gasteiger partial charge in [0.05, 0.1) is 55.3 Å². The lowest BCUT2D eigenvalue weighted by Gasteiger charge is -2.38. The molecule has 12 nitrogen and oxygen atoms in total. The molecule has 0 spiro atoms. The highest BCUT2D eigenvalue weighted by molar-refractivity contribution is 7.91. The fraction of sp³-hybridized carbons (Fsp3) is 0.667. The Morgan fingerprint density at radius 1 is 1.00 bits per heavy atom. The van der Waals surface area contributed by atoms with Crippen LogP contribution in [0.1, 0.15) is 52.2 Å². The fourth-order valence-corrected chi connectivity index (χ4v) is 7.53. The van der Waals surface area contributed by atoms with Gasteiger partial charge >= 0.3 is 0 Å². The Kier molecular flexibility index (Phi) is 6.72. The zero-order valence-corrected chi connectivity index (χ0v) is 23.9. The second-order valence-electron chi connectivity index (χ2n) is 11.2. The molecule has 4 aliphatic heterocycles. The number of fused-ring (bicyclic) bond motifs is 3. The Bertz CT molecular complexity index is 1480. The highest BCUT2D eigenvalue weighted by Gasteiger charge is 2.40. The molecule has 0 radical (unpaired) electrons. The Labute approximate surface area is 234 Å². The van der Waals surface area contributed by atoms with Crippen molar-refractivity contribution in [1.82, 2.24) is 24.5 Å². The monoisotopic (exact) mass is 571 g/mol. The van der Waals surface area contributed by atoms with E-state index in [0.717, 1.165) is 43.6 Å². The molecule has 7 heterocycles. The van der Waals surface area contributed by atoms with Crippen molar-refractivity contribution in [3.63, 3.8) is 0 Å². The van der Waals surface area contributed by atoms with Crippen LogP contribution in [0.3, 0.4) is 0 Å². The molecule has 3 unspecified atom stereocenters. The Hall–Kier alpha value is -2.74. The first-order valence-electron chi connectivity index (χ1n) is 14.5. The number of rotatable bonds is 6. The van der Waals surface area contributed by atoms with E-state index in [-0.39, 0.29) is 35.1 Å². The third-order valence-electron chi connectivity index (χ3n) is 8.69. The molecule has 4 fully saturated rings. The number of hydrogen-bond acceptors (Lipinski definition) is 10. The number of hydrogen-bond donors (Lipinski definition) is 0. The highest BCUT2D eigenvalue weighted by Crippen LogP contribution is 2.41. The maximum atomic E-state index is 13.5. The molecule has 0 saturated carbocycles. The zero-order chi connectivity index (χ0) is 27.4. The van der Waals surface area contributed by atoms with E-state index < -0.39 is 9.84 Å². The molecule has 40 heavy (non-hydrogen) atoms.